The number of fused-ring (bicyclic) bond motifs is 1. The molecule has 3 rings (SSSR count). The van der Waals surface area contributed by atoms with Gasteiger partial charge in [-0.1, -0.05) is 0 Å². The topological polar surface area (TPSA) is 73.1 Å². The summed E-state index contributed by atoms with van der Waals surface area (Å²) in [6.45, 7) is 3.06. The van der Waals surface area contributed by atoms with Crippen LogP contribution in [0, 0.1) is 6.92 Å². The highest BCUT2D eigenvalue weighted by Gasteiger charge is 2.23. The van der Waals surface area contributed by atoms with Crippen molar-refractivity contribution in [3.05, 3.63) is 39.7 Å². The van der Waals surface area contributed by atoms with Crippen LogP contribution >= 0.6 is 0 Å². The molecule has 7 heteroatoms. The van der Waals surface area contributed by atoms with Crippen LogP contribution in [0.5, 0.6) is 5.88 Å². The van der Waals surface area contributed by atoms with Crippen LogP contribution in [0.15, 0.2) is 17.1 Å². The Bertz CT molecular complexity index is 741. The van der Waals surface area contributed by atoms with E-state index in [1.54, 1.807) is 31.0 Å². The monoisotopic (exact) mass is 287 g/mol. The molecule has 21 heavy (non-hydrogen) atoms. The highest BCUT2D eigenvalue weighted by molar-refractivity contribution is 5.38. The molecule has 2 aromatic rings. The molecule has 0 radical (unpaired) electrons. The van der Waals surface area contributed by atoms with E-state index in [1.165, 1.54) is 0 Å². The molecular weight excluding hydrogens is 270 g/mol. The van der Waals surface area contributed by atoms with Gasteiger partial charge in [0.05, 0.1) is 24.9 Å². The van der Waals surface area contributed by atoms with Crippen LogP contribution in [0.2, 0.25) is 0 Å². The van der Waals surface area contributed by atoms with Gasteiger partial charge < -0.3 is 9.64 Å². The van der Waals surface area contributed by atoms with Crippen LogP contribution in [0.3, 0.4) is 0 Å². The van der Waals surface area contributed by atoms with Crippen LogP contribution in [-0.4, -0.2) is 33.2 Å². The van der Waals surface area contributed by atoms with Gasteiger partial charge in [0.15, 0.2) is 0 Å². The molecule has 0 fully saturated rings. The van der Waals surface area contributed by atoms with E-state index in [2.05, 4.69) is 15.0 Å². The van der Waals surface area contributed by atoms with Crippen molar-refractivity contribution in [1.29, 1.82) is 0 Å². The van der Waals surface area contributed by atoms with Crippen LogP contribution in [0.4, 0.5) is 5.95 Å². The summed E-state index contributed by atoms with van der Waals surface area (Å²) in [5.41, 5.74) is 1.61. The number of rotatable bonds is 2. The molecule has 0 unspecified atom stereocenters. The fourth-order valence-corrected chi connectivity index (χ4v) is 2.46. The Labute approximate surface area is 122 Å². The molecule has 0 saturated heterocycles. The Hall–Kier alpha value is -2.44. The van der Waals surface area contributed by atoms with Crippen molar-refractivity contribution in [1.82, 2.24) is 19.5 Å². The number of aryl methyl sites for hydroxylation is 1. The van der Waals surface area contributed by atoms with Crippen LogP contribution in [0.25, 0.3) is 0 Å². The molecule has 2 aromatic heterocycles. The van der Waals surface area contributed by atoms with Crippen molar-refractivity contribution >= 4 is 5.95 Å². The van der Waals surface area contributed by atoms with E-state index in [-0.39, 0.29) is 5.56 Å². The second-order valence-corrected chi connectivity index (χ2v) is 5.02. The van der Waals surface area contributed by atoms with E-state index in [9.17, 15) is 4.79 Å². The third kappa shape index (κ3) is 2.35. The molecule has 3 heterocycles. The van der Waals surface area contributed by atoms with E-state index >= 15 is 0 Å². The Morgan fingerprint density at radius 1 is 1.33 bits per heavy atom. The standard InChI is InChI=1S/C14H17N5O2/c1-9-16-11-5-7-19(8-10(11)13(20)18(9)2)14-15-6-4-12(17-14)21-3/h4,6H,5,7-8H2,1-3H3. The SMILES string of the molecule is COc1ccnc(N2CCc3nc(C)n(C)c(=O)c3C2)n1. The van der Waals surface area contributed by atoms with Gasteiger partial charge in [-0.15, -0.1) is 0 Å². The first-order valence-electron chi connectivity index (χ1n) is 6.77. The van der Waals surface area contributed by atoms with E-state index in [1.807, 2.05) is 11.8 Å². The minimum atomic E-state index is 0.00472. The second kappa shape index (κ2) is 5.16. The highest BCUT2D eigenvalue weighted by atomic mass is 16.5. The lowest BCUT2D eigenvalue weighted by Gasteiger charge is -2.28. The zero-order chi connectivity index (χ0) is 15.0. The van der Waals surface area contributed by atoms with Gasteiger partial charge in [-0.2, -0.15) is 4.98 Å². The molecule has 110 valence electrons. The van der Waals surface area contributed by atoms with E-state index in [4.69, 9.17) is 4.74 Å². The number of ether oxygens (including phenoxy) is 1. The fraction of sp³-hybridized carbons (Fsp3) is 0.429. The smallest absolute Gasteiger partial charge is 0.258 e. The molecule has 1 aliphatic rings. The maximum absolute atomic E-state index is 12.4. The number of hydrogen-bond donors (Lipinski definition) is 0. The number of hydrogen-bond acceptors (Lipinski definition) is 6. The predicted molar refractivity (Wildman–Crippen MR) is 77.6 cm³/mol. The zero-order valence-corrected chi connectivity index (χ0v) is 12.3. The van der Waals surface area contributed by atoms with Gasteiger partial charge in [0.25, 0.3) is 5.56 Å². The van der Waals surface area contributed by atoms with Gasteiger partial charge in [0.1, 0.15) is 5.82 Å². The molecule has 0 N–H and O–H groups in total. The molecule has 0 saturated carbocycles. The maximum Gasteiger partial charge on any atom is 0.258 e. The summed E-state index contributed by atoms with van der Waals surface area (Å²) in [4.78, 5) is 27.4. The first kappa shape index (κ1) is 13.5. The van der Waals surface area contributed by atoms with Crippen molar-refractivity contribution < 1.29 is 4.74 Å². The first-order valence-corrected chi connectivity index (χ1v) is 6.77. The van der Waals surface area contributed by atoms with E-state index < -0.39 is 0 Å². The van der Waals surface area contributed by atoms with E-state index in [0.717, 1.165) is 23.6 Å². The summed E-state index contributed by atoms with van der Waals surface area (Å²) in [5.74, 6) is 1.83. The average Bonchev–Trinajstić information content (AvgIpc) is 2.52. The van der Waals surface area contributed by atoms with Crippen molar-refractivity contribution in [3.63, 3.8) is 0 Å². The minimum absolute atomic E-state index is 0.00472. The third-order valence-corrected chi connectivity index (χ3v) is 3.77. The summed E-state index contributed by atoms with van der Waals surface area (Å²) < 4.78 is 6.70. The van der Waals surface area contributed by atoms with Crippen molar-refractivity contribution in [2.75, 3.05) is 18.6 Å². The summed E-state index contributed by atoms with van der Waals surface area (Å²) in [5, 5.41) is 0. The van der Waals surface area contributed by atoms with Gasteiger partial charge in [-0.3, -0.25) is 9.36 Å². The van der Waals surface area contributed by atoms with Gasteiger partial charge in [-0.05, 0) is 6.92 Å². The molecule has 0 bridgehead atoms. The quantitative estimate of drug-likeness (QED) is 0.798. The van der Waals surface area contributed by atoms with Crippen LogP contribution in [0.1, 0.15) is 17.1 Å². The molecule has 1 aliphatic heterocycles. The lowest BCUT2D eigenvalue weighted by Crippen LogP contribution is -2.38. The van der Waals surface area contributed by atoms with Crippen LogP contribution < -0.4 is 15.2 Å². The normalized spacial score (nSPS) is 14.0. The molecule has 0 atom stereocenters. The number of nitrogens with zero attached hydrogens (tertiary/aromatic N) is 5. The molecule has 0 aromatic carbocycles. The van der Waals surface area contributed by atoms with Crippen molar-refractivity contribution in [2.45, 2.75) is 19.9 Å². The van der Waals surface area contributed by atoms with Gasteiger partial charge in [0.2, 0.25) is 11.8 Å². The first-order chi connectivity index (χ1) is 10.1. The molecular formula is C14H17N5O2. The number of methoxy groups -OCH3 is 1. The molecule has 7 nitrogen and oxygen atoms in total. The molecule has 0 spiro atoms. The van der Waals surface area contributed by atoms with E-state index in [0.29, 0.717) is 24.8 Å². The molecule has 0 aliphatic carbocycles. The lowest BCUT2D eigenvalue weighted by atomic mass is 10.1. The van der Waals surface area contributed by atoms with Gasteiger partial charge >= 0.3 is 0 Å². The number of anilines is 1. The Balaban J connectivity index is 1.97. The predicted octanol–water partition coefficient (Wildman–Crippen LogP) is 0.450. The van der Waals surface area contributed by atoms with Crippen molar-refractivity contribution in [3.8, 4) is 5.88 Å². The Kier molecular flexibility index (Phi) is 3.32. The summed E-state index contributed by atoms with van der Waals surface area (Å²) in [7, 11) is 3.31. The molecule has 0 amide bonds. The number of aromatic nitrogens is 4. The second-order valence-electron chi connectivity index (χ2n) is 5.02. The lowest BCUT2D eigenvalue weighted by molar-refractivity contribution is 0.396. The Morgan fingerprint density at radius 3 is 2.90 bits per heavy atom. The maximum atomic E-state index is 12.4. The zero-order valence-electron chi connectivity index (χ0n) is 12.3. The minimum Gasteiger partial charge on any atom is -0.481 e. The van der Waals surface area contributed by atoms with Crippen LogP contribution in [-0.2, 0) is 20.0 Å². The summed E-state index contributed by atoms with van der Waals surface area (Å²) in [6.07, 6.45) is 2.37. The van der Waals surface area contributed by atoms with Crippen molar-refractivity contribution in [2.24, 2.45) is 7.05 Å². The largest absolute Gasteiger partial charge is 0.481 e. The van der Waals surface area contributed by atoms with Gasteiger partial charge in [0, 0.05) is 32.3 Å². The average molecular weight is 287 g/mol. The highest BCUT2D eigenvalue weighted by Crippen LogP contribution is 2.20. The van der Waals surface area contributed by atoms with Gasteiger partial charge in [-0.25, -0.2) is 9.97 Å². The summed E-state index contributed by atoms with van der Waals surface area (Å²) >= 11 is 0. The Morgan fingerprint density at radius 2 is 2.14 bits per heavy atom. The summed E-state index contributed by atoms with van der Waals surface area (Å²) in [6, 6.07) is 1.70. The third-order valence-electron chi connectivity index (χ3n) is 3.77. The fourth-order valence-electron chi connectivity index (χ4n) is 2.46.